The van der Waals surface area contributed by atoms with Gasteiger partial charge in [-0.1, -0.05) is 31.4 Å². The molecule has 1 amide bonds. The largest absolute Gasteiger partial charge is 0.480 e. The van der Waals surface area contributed by atoms with Gasteiger partial charge in [0.15, 0.2) is 0 Å². The standard InChI is InChI=1S/C19H32N2O4/c1-19(2,3)25-18(24)21-13-11-20(12-14-21)16(17(22)23)10-9-15-7-5-4-6-8-15/h9-10,15-16H,4-8,11-14H2,1-3H3,(H,22,23). The van der Waals surface area contributed by atoms with Crippen molar-refractivity contribution in [1.29, 1.82) is 0 Å². The van der Waals surface area contributed by atoms with Crippen molar-refractivity contribution in [3.8, 4) is 0 Å². The van der Waals surface area contributed by atoms with Gasteiger partial charge >= 0.3 is 12.1 Å². The molecule has 2 fully saturated rings. The number of aliphatic carboxylic acids is 1. The molecular weight excluding hydrogens is 320 g/mol. The van der Waals surface area contributed by atoms with Gasteiger partial charge in [-0.2, -0.15) is 0 Å². The number of hydrogen-bond donors (Lipinski definition) is 1. The molecule has 0 radical (unpaired) electrons. The van der Waals surface area contributed by atoms with Gasteiger partial charge in [0.1, 0.15) is 11.6 Å². The van der Waals surface area contributed by atoms with Crippen molar-refractivity contribution in [2.24, 2.45) is 5.92 Å². The van der Waals surface area contributed by atoms with Crippen LogP contribution >= 0.6 is 0 Å². The molecule has 6 nitrogen and oxygen atoms in total. The first-order valence-electron chi connectivity index (χ1n) is 9.39. The van der Waals surface area contributed by atoms with Gasteiger partial charge in [-0.25, -0.2) is 4.79 Å². The normalized spacial score (nSPS) is 22.1. The molecule has 6 heteroatoms. The second-order valence-electron chi connectivity index (χ2n) is 8.07. The Morgan fingerprint density at radius 2 is 1.68 bits per heavy atom. The Labute approximate surface area is 150 Å². The first-order chi connectivity index (χ1) is 11.8. The lowest BCUT2D eigenvalue weighted by atomic mass is 9.88. The van der Waals surface area contributed by atoms with E-state index in [0.29, 0.717) is 32.1 Å². The van der Waals surface area contributed by atoms with E-state index in [1.807, 2.05) is 31.7 Å². The number of ether oxygens (including phenoxy) is 1. The van der Waals surface area contributed by atoms with Gasteiger partial charge in [0, 0.05) is 26.2 Å². The molecule has 1 unspecified atom stereocenters. The minimum absolute atomic E-state index is 0.322. The Morgan fingerprint density at radius 1 is 1.08 bits per heavy atom. The van der Waals surface area contributed by atoms with Gasteiger partial charge in [0.2, 0.25) is 0 Å². The van der Waals surface area contributed by atoms with Gasteiger partial charge < -0.3 is 14.7 Å². The van der Waals surface area contributed by atoms with Crippen molar-refractivity contribution in [2.75, 3.05) is 26.2 Å². The topological polar surface area (TPSA) is 70.1 Å². The minimum atomic E-state index is -0.822. The number of amides is 1. The first-order valence-corrected chi connectivity index (χ1v) is 9.39. The molecule has 1 saturated heterocycles. The molecule has 1 aliphatic carbocycles. The van der Waals surface area contributed by atoms with E-state index in [9.17, 15) is 14.7 Å². The van der Waals surface area contributed by atoms with E-state index >= 15 is 0 Å². The third kappa shape index (κ3) is 6.34. The van der Waals surface area contributed by atoms with Crippen LogP contribution < -0.4 is 0 Å². The van der Waals surface area contributed by atoms with Crippen molar-refractivity contribution in [2.45, 2.75) is 64.5 Å². The summed E-state index contributed by atoms with van der Waals surface area (Å²) in [5, 5.41) is 9.58. The van der Waals surface area contributed by atoms with Crippen molar-refractivity contribution in [3.63, 3.8) is 0 Å². The number of carboxylic acid groups (broad SMARTS) is 1. The molecule has 0 spiro atoms. The van der Waals surface area contributed by atoms with E-state index in [1.165, 1.54) is 19.3 Å². The molecule has 1 N–H and O–H groups in total. The molecule has 1 heterocycles. The molecule has 1 atom stereocenters. The van der Waals surface area contributed by atoms with Crippen molar-refractivity contribution < 1.29 is 19.4 Å². The Kier molecular flexibility index (Phi) is 6.87. The molecule has 0 aromatic carbocycles. The fourth-order valence-electron chi connectivity index (χ4n) is 3.46. The van der Waals surface area contributed by atoms with Crippen molar-refractivity contribution in [1.82, 2.24) is 9.80 Å². The van der Waals surface area contributed by atoms with Crippen LogP contribution in [0.25, 0.3) is 0 Å². The molecule has 142 valence electrons. The van der Waals surface area contributed by atoms with Crippen molar-refractivity contribution >= 4 is 12.1 Å². The number of allylic oxidation sites excluding steroid dienone is 1. The Balaban J connectivity index is 1.88. The Bertz CT molecular complexity index is 484. The number of rotatable bonds is 4. The predicted molar refractivity (Wildman–Crippen MR) is 96.5 cm³/mol. The third-order valence-corrected chi connectivity index (χ3v) is 4.83. The monoisotopic (exact) mass is 352 g/mol. The molecule has 1 saturated carbocycles. The lowest BCUT2D eigenvalue weighted by molar-refractivity contribution is -0.141. The van der Waals surface area contributed by atoms with E-state index in [-0.39, 0.29) is 6.09 Å². The second kappa shape index (κ2) is 8.70. The number of carboxylic acids is 1. The molecule has 0 aromatic rings. The Hall–Kier alpha value is -1.56. The smallest absolute Gasteiger partial charge is 0.410 e. The second-order valence-corrected chi connectivity index (χ2v) is 8.07. The average molecular weight is 352 g/mol. The third-order valence-electron chi connectivity index (χ3n) is 4.83. The molecule has 0 aromatic heterocycles. The maximum atomic E-state index is 12.1. The fourth-order valence-corrected chi connectivity index (χ4v) is 3.46. The van der Waals surface area contributed by atoms with Gasteiger partial charge in [-0.05, 0) is 39.5 Å². The summed E-state index contributed by atoms with van der Waals surface area (Å²) in [4.78, 5) is 27.4. The van der Waals surface area contributed by atoms with E-state index in [2.05, 4.69) is 6.08 Å². The average Bonchev–Trinajstić information content (AvgIpc) is 2.54. The number of piperazine rings is 1. The van der Waals surface area contributed by atoms with E-state index in [1.54, 1.807) is 4.90 Å². The van der Waals surface area contributed by atoms with E-state index in [4.69, 9.17) is 4.74 Å². The van der Waals surface area contributed by atoms with Gasteiger partial charge in [-0.15, -0.1) is 0 Å². The maximum Gasteiger partial charge on any atom is 0.410 e. The predicted octanol–water partition coefficient (Wildman–Crippen LogP) is 3.13. The van der Waals surface area contributed by atoms with Crippen LogP contribution in [-0.4, -0.2) is 64.8 Å². The zero-order chi connectivity index (χ0) is 18.4. The van der Waals surface area contributed by atoms with E-state index < -0.39 is 17.6 Å². The first kappa shape index (κ1) is 19.8. The summed E-state index contributed by atoms with van der Waals surface area (Å²) in [6, 6.07) is -0.609. The van der Waals surface area contributed by atoms with Crippen LogP contribution in [-0.2, 0) is 9.53 Å². The van der Waals surface area contributed by atoms with Crippen molar-refractivity contribution in [3.05, 3.63) is 12.2 Å². The number of carbonyl (C=O) groups is 2. The molecule has 1 aliphatic heterocycles. The lowest BCUT2D eigenvalue weighted by Crippen LogP contribution is -2.54. The zero-order valence-corrected chi connectivity index (χ0v) is 15.7. The van der Waals surface area contributed by atoms with E-state index in [0.717, 1.165) is 12.8 Å². The Morgan fingerprint density at radius 3 is 2.20 bits per heavy atom. The maximum absolute atomic E-state index is 12.1. The van der Waals surface area contributed by atoms with Gasteiger partial charge in [0.05, 0.1) is 0 Å². The minimum Gasteiger partial charge on any atom is -0.480 e. The van der Waals surface area contributed by atoms with Crippen LogP contribution in [0.5, 0.6) is 0 Å². The SMILES string of the molecule is CC(C)(C)OC(=O)N1CCN(C(C=CC2CCCCC2)C(=O)O)CC1. The molecular formula is C19H32N2O4. The summed E-state index contributed by atoms with van der Waals surface area (Å²) in [5.74, 6) is -0.309. The molecule has 25 heavy (non-hydrogen) atoms. The summed E-state index contributed by atoms with van der Waals surface area (Å²) in [5.41, 5.74) is -0.513. The number of carbonyl (C=O) groups excluding carboxylic acids is 1. The number of nitrogens with zero attached hydrogens (tertiary/aromatic N) is 2. The fraction of sp³-hybridized carbons (Fsp3) is 0.789. The molecule has 2 aliphatic rings. The highest BCUT2D eigenvalue weighted by molar-refractivity contribution is 5.76. The summed E-state index contributed by atoms with van der Waals surface area (Å²) >= 11 is 0. The zero-order valence-electron chi connectivity index (χ0n) is 15.7. The highest BCUT2D eigenvalue weighted by Crippen LogP contribution is 2.25. The highest BCUT2D eigenvalue weighted by Gasteiger charge is 2.30. The van der Waals surface area contributed by atoms with Crippen LogP contribution in [0.2, 0.25) is 0 Å². The summed E-state index contributed by atoms with van der Waals surface area (Å²) in [7, 11) is 0. The van der Waals surface area contributed by atoms with Gasteiger partial charge in [-0.3, -0.25) is 9.69 Å². The highest BCUT2D eigenvalue weighted by atomic mass is 16.6. The molecule has 0 bridgehead atoms. The summed E-state index contributed by atoms with van der Waals surface area (Å²) in [6.07, 6.45) is 9.71. The summed E-state index contributed by atoms with van der Waals surface area (Å²) in [6.45, 7) is 7.62. The lowest BCUT2D eigenvalue weighted by Gasteiger charge is -2.37. The van der Waals surface area contributed by atoms with Gasteiger partial charge in [0.25, 0.3) is 0 Å². The van der Waals surface area contributed by atoms with Crippen LogP contribution in [0.4, 0.5) is 4.79 Å². The summed E-state index contributed by atoms with van der Waals surface area (Å²) < 4.78 is 5.39. The molecule has 2 rings (SSSR count). The van der Waals surface area contributed by atoms with Crippen LogP contribution in [0, 0.1) is 5.92 Å². The van der Waals surface area contributed by atoms with Crippen LogP contribution in [0.3, 0.4) is 0 Å². The van der Waals surface area contributed by atoms with Crippen LogP contribution in [0.15, 0.2) is 12.2 Å². The quantitative estimate of drug-likeness (QED) is 0.787. The van der Waals surface area contributed by atoms with Crippen LogP contribution in [0.1, 0.15) is 52.9 Å². The number of hydrogen-bond acceptors (Lipinski definition) is 4.